The number of hydrogen-bond donors (Lipinski definition) is 2. The molecule has 0 atom stereocenters. The Balaban J connectivity index is 2.16. The van der Waals surface area contributed by atoms with Crippen molar-refractivity contribution < 1.29 is 18.0 Å². The summed E-state index contributed by atoms with van der Waals surface area (Å²) in [5.74, 6) is -0.925. The molecule has 0 aromatic heterocycles. The molecule has 7 nitrogen and oxygen atoms in total. The van der Waals surface area contributed by atoms with Gasteiger partial charge >= 0.3 is 0 Å². The van der Waals surface area contributed by atoms with Crippen molar-refractivity contribution in [2.75, 3.05) is 19.6 Å². The predicted molar refractivity (Wildman–Crippen MR) is 99.7 cm³/mol. The van der Waals surface area contributed by atoms with Crippen molar-refractivity contribution in [3.63, 3.8) is 0 Å². The lowest BCUT2D eigenvalue weighted by atomic mass is 10.2. The van der Waals surface area contributed by atoms with E-state index in [0.29, 0.717) is 13.1 Å². The number of nitrogens with zero attached hydrogens (tertiary/aromatic N) is 1. The Labute approximate surface area is 159 Å². The molecule has 9 heteroatoms. The number of benzene rings is 1. The Morgan fingerprint density at radius 2 is 1.85 bits per heavy atom. The van der Waals surface area contributed by atoms with E-state index in [4.69, 9.17) is 11.6 Å². The molecule has 1 fully saturated rings. The van der Waals surface area contributed by atoms with Crippen molar-refractivity contribution in [2.45, 2.75) is 44.0 Å². The molecular formula is C17H24ClN3O4S. The van der Waals surface area contributed by atoms with Crippen LogP contribution < -0.4 is 10.6 Å². The van der Waals surface area contributed by atoms with E-state index in [2.05, 4.69) is 10.6 Å². The van der Waals surface area contributed by atoms with Crippen LogP contribution in [-0.4, -0.2) is 50.2 Å². The van der Waals surface area contributed by atoms with E-state index in [1.165, 1.54) is 22.5 Å². The highest BCUT2D eigenvalue weighted by atomic mass is 35.5. The highest BCUT2D eigenvalue weighted by Crippen LogP contribution is 2.25. The highest BCUT2D eigenvalue weighted by molar-refractivity contribution is 7.89. The standard InChI is InChI=1S/C17H24ClN3O4S/c1-12(2)20-16(22)11-19-17(23)14-10-13(6-7-15(14)18)26(24,25)21-8-4-3-5-9-21/h6-7,10,12H,3-5,8-9,11H2,1-2H3,(H,19,23)(H,20,22). The average Bonchev–Trinajstić information content (AvgIpc) is 2.60. The lowest BCUT2D eigenvalue weighted by molar-refractivity contribution is -0.120. The first-order chi connectivity index (χ1) is 12.2. The molecule has 1 aliphatic rings. The Morgan fingerprint density at radius 3 is 2.46 bits per heavy atom. The average molecular weight is 402 g/mol. The number of rotatable bonds is 6. The van der Waals surface area contributed by atoms with Gasteiger partial charge < -0.3 is 10.6 Å². The Bertz CT molecular complexity index is 774. The SMILES string of the molecule is CC(C)NC(=O)CNC(=O)c1cc(S(=O)(=O)N2CCCCC2)ccc1Cl. The van der Waals surface area contributed by atoms with Gasteiger partial charge in [0, 0.05) is 19.1 Å². The van der Waals surface area contributed by atoms with Gasteiger partial charge in [0.25, 0.3) is 5.91 Å². The van der Waals surface area contributed by atoms with Gasteiger partial charge in [0.2, 0.25) is 15.9 Å². The van der Waals surface area contributed by atoms with Gasteiger partial charge in [0.05, 0.1) is 22.0 Å². The van der Waals surface area contributed by atoms with E-state index in [1.54, 1.807) is 0 Å². The van der Waals surface area contributed by atoms with Gasteiger partial charge in [0.15, 0.2) is 0 Å². The molecular weight excluding hydrogens is 378 g/mol. The van der Waals surface area contributed by atoms with Crippen LogP contribution in [0, 0.1) is 0 Å². The number of carbonyl (C=O) groups is 2. The number of carbonyl (C=O) groups excluding carboxylic acids is 2. The summed E-state index contributed by atoms with van der Waals surface area (Å²) in [7, 11) is -3.67. The molecule has 26 heavy (non-hydrogen) atoms. The molecule has 0 bridgehead atoms. The van der Waals surface area contributed by atoms with E-state index < -0.39 is 15.9 Å². The molecule has 1 aromatic carbocycles. The topological polar surface area (TPSA) is 95.6 Å². The monoisotopic (exact) mass is 401 g/mol. The van der Waals surface area contributed by atoms with E-state index in [9.17, 15) is 18.0 Å². The third-order valence-electron chi connectivity index (χ3n) is 3.99. The molecule has 0 spiro atoms. The molecule has 0 radical (unpaired) electrons. The van der Waals surface area contributed by atoms with E-state index in [-0.39, 0.29) is 34.0 Å². The Morgan fingerprint density at radius 1 is 1.19 bits per heavy atom. The second-order valence-electron chi connectivity index (χ2n) is 6.51. The number of amides is 2. The van der Waals surface area contributed by atoms with E-state index >= 15 is 0 Å². The lowest BCUT2D eigenvalue weighted by Crippen LogP contribution is -2.40. The number of halogens is 1. The molecule has 1 saturated heterocycles. The number of nitrogens with one attached hydrogen (secondary N) is 2. The maximum atomic E-state index is 12.7. The molecule has 0 unspecified atom stereocenters. The summed E-state index contributed by atoms with van der Waals surface area (Å²) in [6, 6.07) is 4.01. The summed E-state index contributed by atoms with van der Waals surface area (Å²) in [5.41, 5.74) is 0.0297. The summed E-state index contributed by atoms with van der Waals surface area (Å²) < 4.78 is 26.9. The summed E-state index contributed by atoms with van der Waals surface area (Å²) in [4.78, 5) is 24.0. The molecule has 2 rings (SSSR count). The van der Waals surface area contributed by atoms with Crippen LogP contribution in [0.2, 0.25) is 5.02 Å². The molecule has 144 valence electrons. The molecule has 1 aliphatic heterocycles. The minimum Gasteiger partial charge on any atom is -0.352 e. The first-order valence-corrected chi connectivity index (χ1v) is 10.4. The van der Waals surface area contributed by atoms with Gasteiger partial charge in [-0.2, -0.15) is 4.31 Å². The summed E-state index contributed by atoms with van der Waals surface area (Å²) in [6.07, 6.45) is 2.66. The maximum absolute atomic E-state index is 12.7. The van der Waals surface area contributed by atoms with Crippen molar-refractivity contribution in [1.82, 2.24) is 14.9 Å². The predicted octanol–water partition coefficient (Wildman–Crippen LogP) is 1.77. The minimum atomic E-state index is -3.67. The zero-order chi connectivity index (χ0) is 19.3. The van der Waals surface area contributed by atoms with E-state index in [1.807, 2.05) is 13.8 Å². The van der Waals surface area contributed by atoms with Crippen molar-refractivity contribution >= 4 is 33.4 Å². The lowest BCUT2D eigenvalue weighted by Gasteiger charge is -2.26. The summed E-state index contributed by atoms with van der Waals surface area (Å²) >= 11 is 6.06. The number of hydrogen-bond acceptors (Lipinski definition) is 4. The second-order valence-corrected chi connectivity index (χ2v) is 8.86. The van der Waals surface area contributed by atoms with Crippen molar-refractivity contribution in [3.05, 3.63) is 28.8 Å². The number of piperidine rings is 1. The molecule has 0 saturated carbocycles. The molecule has 0 aliphatic carbocycles. The van der Waals surface area contributed by atoms with Crippen LogP contribution in [0.4, 0.5) is 0 Å². The van der Waals surface area contributed by atoms with Crippen LogP contribution in [0.15, 0.2) is 23.1 Å². The zero-order valence-corrected chi connectivity index (χ0v) is 16.5. The van der Waals surface area contributed by atoms with Crippen LogP contribution in [0.5, 0.6) is 0 Å². The quantitative estimate of drug-likeness (QED) is 0.759. The van der Waals surface area contributed by atoms with Crippen molar-refractivity contribution in [1.29, 1.82) is 0 Å². The molecule has 1 aromatic rings. The van der Waals surface area contributed by atoms with Crippen molar-refractivity contribution in [3.8, 4) is 0 Å². The minimum absolute atomic E-state index is 0.0283. The normalized spacial score (nSPS) is 15.7. The summed E-state index contributed by atoms with van der Waals surface area (Å²) in [6.45, 7) is 4.36. The molecule has 2 amide bonds. The third kappa shape index (κ3) is 5.18. The third-order valence-corrected chi connectivity index (χ3v) is 6.22. The van der Waals surface area contributed by atoms with Gasteiger partial charge in [-0.3, -0.25) is 9.59 Å². The maximum Gasteiger partial charge on any atom is 0.253 e. The second kappa shape index (κ2) is 8.83. The van der Waals surface area contributed by atoms with Crippen LogP contribution >= 0.6 is 11.6 Å². The van der Waals surface area contributed by atoms with Crippen LogP contribution in [0.1, 0.15) is 43.5 Å². The smallest absolute Gasteiger partial charge is 0.253 e. The van der Waals surface area contributed by atoms with Crippen LogP contribution in [0.3, 0.4) is 0 Å². The summed E-state index contributed by atoms with van der Waals surface area (Å²) in [5, 5.41) is 5.24. The van der Waals surface area contributed by atoms with Gasteiger partial charge in [0.1, 0.15) is 0 Å². The van der Waals surface area contributed by atoms with Gasteiger partial charge in [-0.05, 0) is 44.9 Å². The fraction of sp³-hybridized carbons (Fsp3) is 0.529. The first-order valence-electron chi connectivity index (χ1n) is 8.59. The zero-order valence-electron chi connectivity index (χ0n) is 14.9. The van der Waals surface area contributed by atoms with E-state index in [0.717, 1.165) is 19.3 Å². The van der Waals surface area contributed by atoms with Crippen LogP contribution in [0.25, 0.3) is 0 Å². The highest BCUT2D eigenvalue weighted by Gasteiger charge is 2.27. The fourth-order valence-corrected chi connectivity index (χ4v) is 4.47. The Kier molecular flexibility index (Phi) is 7.02. The number of sulfonamides is 1. The molecule has 2 N–H and O–H groups in total. The van der Waals surface area contributed by atoms with Gasteiger partial charge in [-0.1, -0.05) is 18.0 Å². The largest absolute Gasteiger partial charge is 0.352 e. The van der Waals surface area contributed by atoms with Gasteiger partial charge in [-0.15, -0.1) is 0 Å². The van der Waals surface area contributed by atoms with Crippen molar-refractivity contribution in [2.24, 2.45) is 0 Å². The Hall–Kier alpha value is -1.64. The van der Waals surface area contributed by atoms with Gasteiger partial charge in [-0.25, -0.2) is 8.42 Å². The molecule has 1 heterocycles. The fourth-order valence-electron chi connectivity index (χ4n) is 2.72. The van der Waals surface area contributed by atoms with Crippen LogP contribution in [-0.2, 0) is 14.8 Å². The first kappa shape index (κ1) is 20.7.